The number of benzene rings is 1. The van der Waals surface area contributed by atoms with Gasteiger partial charge in [0.15, 0.2) is 6.04 Å². The summed E-state index contributed by atoms with van der Waals surface area (Å²) in [6, 6.07) is 7.36. The first-order chi connectivity index (χ1) is 9.16. The van der Waals surface area contributed by atoms with Crippen molar-refractivity contribution in [3.05, 3.63) is 42.2 Å². The summed E-state index contributed by atoms with van der Waals surface area (Å²) in [6.45, 7) is -0.135. The number of carboxylic acid groups (broad SMARTS) is 1. The highest BCUT2D eigenvalue weighted by molar-refractivity contribution is 5.84. The number of aromatic nitrogens is 4. The van der Waals surface area contributed by atoms with E-state index in [0.29, 0.717) is 5.56 Å². The first-order valence-corrected chi connectivity index (χ1v) is 5.44. The zero-order valence-electron chi connectivity index (χ0n) is 9.80. The van der Waals surface area contributed by atoms with Crippen LogP contribution in [0.15, 0.2) is 36.7 Å². The molecule has 2 N–H and O–H groups in total. The van der Waals surface area contributed by atoms with Crippen LogP contribution in [-0.2, 0) is 16.1 Å². The van der Waals surface area contributed by atoms with E-state index < -0.39 is 17.9 Å². The summed E-state index contributed by atoms with van der Waals surface area (Å²) in [7, 11) is 0. The molecule has 0 aliphatic heterocycles. The van der Waals surface area contributed by atoms with Crippen LogP contribution in [0.4, 0.5) is 0 Å². The van der Waals surface area contributed by atoms with Crippen molar-refractivity contribution in [1.82, 2.24) is 25.5 Å². The molecular weight excluding hydrogens is 250 g/mol. The van der Waals surface area contributed by atoms with Crippen molar-refractivity contribution in [3.8, 4) is 0 Å². The standard InChI is InChI=1S/C11H11N5O3/c17-9(6-16-7-12-14-15-16)13-10(11(18)19)8-4-2-1-3-5-8/h1-5,7,10H,6H2,(H,13,17)(H,18,19)/t10-/m1/s1. The van der Waals surface area contributed by atoms with Gasteiger partial charge in [0.2, 0.25) is 5.91 Å². The van der Waals surface area contributed by atoms with E-state index >= 15 is 0 Å². The summed E-state index contributed by atoms with van der Waals surface area (Å²) in [5, 5.41) is 21.9. The zero-order valence-corrected chi connectivity index (χ0v) is 9.80. The van der Waals surface area contributed by atoms with Gasteiger partial charge in [0.25, 0.3) is 0 Å². The molecule has 0 fully saturated rings. The third-order valence-electron chi connectivity index (χ3n) is 2.38. The molecule has 1 aromatic heterocycles. The Bertz CT molecular complexity index is 555. The maximum absolute atomic E-state index is 11.7. The Hall–Kier alpha value is -2.77. The zero-order chi connectivity index (χ0) is 13.7. The van der Waals surface area contributed by atoms with Gasteiger partial charge in [-0.15, -0.1) is 5.10 Å². The van der Waals surface area contributed by atoms with E-state index in [1.807, 2.05) is 0 Å². The fraction of sp³-hybridized carbons (Fsp3) is 0.182. The lowest BCUT2D eigenvalue weighted by molar-refractivity contribution is -0.142. The Morgan fingerprint density at radius 3 is 2.63 bits per heavy atom. The van der Waals surface area contributed by atoms with E-state index in [9.17, 15) is 9.59 Å². The van der Waals surface area contributed by atoms with E-state index in [4.69, 9.17) is 5.11 Å². The van der Waals surface area contributed by atoms with Gasteiger partial charge in [0.05, 0.1) is 0 Å². The van der Waals surface area contributed by atoms with Gasteiger partial charge >= 0.3 is 5.97 Å². The van der Waals surface area contributed by atoms with Crippen molar-refractivity contribution in [1.29, 1.82) is 0 Å². The first kappa shape index (κ1) is 12.7. The Labute approximate surface area is 108 Å². The van der Waals surface area contributed by atoms with E-state index in [2.05, 4.69) is 20.8 Å². The highest BCUT2D eigenvalue weighted by Crippen LogP contribution is 2.12. The predicted octanol–water partition coefficient (Wildman–Crippen LogP) is -0.385. The van der Waals surface area contributed by atoms with Crippen LogP contribution in [0.5, 0.6) is 0 Å². The number of nitrogens with one attached hydrogen (secondary N) is 1. The van der Waals surface area contributed by atoms with Crippen LogP contribution in [0.25, 0.3) is 0 Å². The van der Waals surface area contributed by atoms with Crippen LogP contribution in [0.1, 0.15) is 11.6 Å². The fourth-order valence-corrected chi connectivity index (χ4v) is 1.54. The molecule has 0 unspecified atom stereocenters. The highest BCUT2D eigenvalue weighted by Gasteiger charge is 2.21. The average Bonchev–Trinajstić information content (AvgIpc) is 2.89. The van der Waals surface area contributed by atoms with Gasteiger partial charge in [-0.1, -0.05) is 30.3 Å². The molecule has 0 aliphatic rings. The number of nitrogens with zero attached hydrogens (tertiary/aromatic N) is 4. The van der Waals surface area contributed by atoms with Crippen LogP contribution in [0, 0.1) is 0 Å². The molecule has 98 valence electrons. The summed E-state index contributed by atoms with van der Waals surface area (Å²) in [6.07, 6.45) is 1.28. The molecule has 2 aromatic rings. The largest absolute Gasteiger partial charge is 0.479 e. The van der Waals surface area contributed by atoms with Gasteiger partial charge in [-0.3, -0.25) is 4.79 Å². The van der Waals surface area contributed by atoms with Crippen molar-refractivity contribution in [2.45, 2.75) is 12.6 Å². The number of carbonyl (C=O) groups is 2. The van der Waals surface area contributed by atoms with Crippen molar-refractivity contribution >= 4 is 11.9 Å². The monoisotopic (exact) mass is 261 g/mol. The second kappa shape index (κ2) is 5.71. The second-order valence-corrected chi connectivity index (χ2v) is 3.76. The van der Waals surface area contributed by atoms with Crippen LogP contribution >= 0.6 is 0 Å². The highest BCUT2D eigenvalue weighted by atomic mass is 16.4. The summed E-state index contributed by atoms with van der Waals surface area (Å²) < 4.78 is 1.21. The second-order valence-electron chi connectivity index (χ2n) is 3.76. The minimum Gasteiger partial charge on any atom is -0.479 e. The van der Waals surface area contributed by atoms with Crippen molar-refractivity contribution in [3.63, 3.8) is 0 Å². The number of hydrogen-bond donors (Lipinski definition) is 2. The third-order valence-corrected chi connectivity index (χ3v) is 2.38. The lowest BCUT2D eigenvalue weighted by Crippen LogP contribution is -2.36. The minimum absolute atomic E-state index is 0.135. The van der Waals surface area contributed by atoms with Crippen LogP contribution in [0.2, 0.25) is 0 Å². The summed E-state index contributed by atoms with van der Waals surface area (Å²) in [5.74, 6) is -1.61. The summed E-state index contributed by atoms with van der Waals surface area (Å²) >= 11 is 0. The number of rotatable bonds is 5. The van der Waals surface area contributed by atoms with Gasteiger partial charge < -0.3 is 10.4 Å². The van der Waals surface area contributed by atoms with E-state index in [1.165, 1.54) is 11.0 Å². The molecule has 0 bridgehead atoms. The van der Waals surface area contributed by atoms with E-state index in [1.54, 1.807) is 30.3 Å². The number of hydrogen-bond acceptors (Lipinski definition) is 5. The van der Waals surface area contributed by atoms with Crippen LogP contribution in [0.3, 0.4) is 0 Å². The van der Waals surface area contributed by atoms with Crippen molar-refractivity contribution in [2.75, 3.05) is 0 Å². The number of carboxylic acids is 1. The molecular formula is C11H11N5O3. The smallest absolute Gasteiger partial charge is 0.330 e. The molecule has 1 aromatic carbocycles. The van der Waals surface area contributed by atoms with Gasteiger partial charge in [0.1, 0.15) is 12.9 Å². The Balaban J connectivity index is 2.05. The van der Waals surface area contributed by atoms with Gasteiger partial charge in [-0.2, -0.15) is 0 Å². The lowest BCUT2D eigenvalue weighted by Gasteiger charge is -2.14. The van der Waals surface area contributed by atoms with Crippen LogP contribution < -0.4 is 5.32 Å². The quantitative estimate of drug-likeness (QED) is 0.758. The summed E-state index contributed by atoms with van der Waals surface area (Å²) in [5.41, 5.74) is 0.500. The number of amides is 1. The molecule has 8 heteroatoms. The van der Waals surface area contributed by atoms with E-state index in [-0.39, 0.29) is 6.54 Å². The normalized spacial score (nSPS) is 11.8. The minimum atomic E-state index is -1.13. The third kappa shape index (κ3) is 3.35. The predicted molar refractivity (Wildman–Crippen MR) is 62.8 cm³/mol. The number of tetrazole rings is 1. The topological polar surface area (TPSA) is 110 Å². The lowest BCUT2D eigenvalue weighted by atomic mass is 10.1. The van der Waals surface area contributed by atoms with Gasteiger partial charge in [-0.05, 0) is 16.0 Å². The summed E-state index contributed by atoms with van der Waals surface area (Å²) in [4.78, 5) is 22.9. The molecule has 0 aliphatic carbocycles. The molecule has 0 radical (unpaired) electrons. The average molecular weight is 261 g/mol. The molecule has 1 heterocycles. The van der Waals surface area contributed by atoms with E-state index in [0.717, 1.165) is 0 Å². The molecule has 1 amide bonds. The molecule has 1 atom stereocenters. The Morgan fingerprint density at radius 1 is 1.32 bits per heavy atom. The molecule has 19 heavy (non-hydrogen) atoms. The maximum atomic E-state index is 11.7. The molecule has 0 saturated carbocycles. The number of carbonyl (C=O) groups excluding carboxylic acids is 1. The molecule has 0 spiro atoms. The molecule has 8 nitrogen and oxygen atoms in total. The van der Waals surface area contributed by atoms with Gasteiger partial charge in [0, 0.05) is 0 Å². The molecule has 2 rings (SSSR count). The fourth-order valence-electron chi connectivity index (χ4n) is 1.54. The number of aliphatic carboxylic acids is 1. The maximum Gasteiger partial charge on any atom is 0.330 e. The molecule has 0 saturated heterocycles. The van der Waals surface area contributed by atoms with Crippen molar-refractivity contribution < 1.29 is 14.7 Å². The Morgan fingerprint density at radius 2 is 2.05 bits per heavy atom. The van der Waals surface area contributed by atoms with Gasteiger partial charge in [-0.25, -0.2) is 9.48 Å². The van der Waals surface area contributed by atoms with Crippen molar-refractivity contribution in [2.24, 2.45) is 0 Å². The van der Waals surface area contributed by atoms with Crippen LogP contribution in [-0.4, -0.2) is 37.2 Å². The first-order valence-electron chi connectivity index (χ1n) is 5.44. The SMILES string of the molecule is O=C(Cn1cnnn1)N[C@@H](C(=O)O)c1ccccc1. The Kier molecular flexibility index (Phi) is 3.81.